The van der Waals surface area contributed by atoms with Gasteiger partial charge in [-0.1, -0.05) is 42.5 Å². The third kappa shape index (κ3) is 4.66. The molecular formula is C16H16O4. The standard InChI is InChI=1S/2C8H8O2/c1-6(9)7-4-2-3-5-8(7)10;9-6-8(10)7-4-2-1-3-5-7/h2-5,10H,1H3;1-5,9H,6H2. The lowest BCUT2D eigenvalue weighted by atomic mass is 10.1. The number of aromatic hydroxyl groups is 1. The van der Waals surface area contributed by atoms with Gasteiger partial charge in [-0.15, -0.1) is 0 Å². The van der Waals surface area contributed by atoms with Crippen LogP contribution in [0.4, 0.5) is 0 Å². The topological polar surface area (TPSA) is 74.6 Å². The zero-order chi connectivity index (χ0) is 15.0. The summed E-state index contributed by atoms with van der Waals surface area (Å²) in [5.41, 5.74) is 0.938. The Balaban J connectivity index is 0.000000200. The Bertz CT molecular complexity index is 576. The normalized spacial score (nSPS) is 9.30. The Labute approximate surface area is 117 Å². The van der Waals surface area contributed by atoms with E-state index in [1.807, 2.05) is 6.07 Å². The molecule has 0 fully saturated rings. The average molecular weight is 272 g/mol. The molecule has 0 heterocycles. The van der Waals surface area contributed by atoms with Gasteiger partial charge in [0, 0.05) is 5.56 Å². The molecule has 0 atom stereocenters. The maximum absolute atomic E-state index is 10.8. The van der Waals surface area contributed by atoms with E-state index < -0.39 is 6.61 Å². The van der Waals surface area contributed by atoms with Crippen LogP contribution in [-0.4, -0.2) is 28.4 Å². The molecule has 0 aromatic heterocycles. The maximum Gasteiger partial charge on any atom is 0.188 e. The van der Waals surface area contributed by atoms with Gasteiger partial charge in [0.25, 0.3) is 0 Å². The molecule has 0 aliphatic rings. The molecule has 4 nitrogen and oxygen atoms in total. The second-order valence-electron chi connectivity index (χ2n) is 4.02. The first-order valence-electron chi connectivity index (χ1n) is 6.04. The van der Waals surface area contributed by atoms with Crippen LogP contribution in [0.5, 0.6) is 5.75 Å². The number of rotatable bonds is 3. The van der Waals surface area contributed by atoms with Crippen LogP contribution in [-0.2, 0) is 0 Å². The highest BCUT2D eigenvalue weighted by atomic mass is 16.3. The Morgan fingerprint density at radius 1 is 0.950 bits per heavy atom. The zero-order valence-corrected chi connectivity index (χ0v) is 11.1. The molecule has 2 N–H and O–H groups in total. The first-order valence-corrected chi connectivity index (χ1v) is 6.04. The van der Waals surface area contributed by atoms with Gasteiger partial charge in [-0.2, -0.15) is 0 Å². The van der Waals surface area contributed by atoms with Crippen LogP contribution in [0.3, 0.4) is 0 Å². The van der Waals surface area contributed by atoms with Crippen LogP contribution in [0.25, 0.3) is 0 Å². The number of hydrogen-bond acceptors (Lipinski definition) is 4. The number of carbonyl (C=O) groups is 2. The molecule has 2 aromatic rings. The van der Waals surface area contributed by atoms with Crippen molar-refractivity contribution in [3.63, 3.8) is 0 Å². The van der Waals surface area contributed by atoms with Crippen molar-refractivity contribution in [3.8, 4) is 5.75 Å². The molecular weight excluding hydrogens is 256 g/mol. The van der Waals surface area contributed by atoms with Crippen molar-refractivity contribution in [3.05, 3.63) is 65.7 Å². The Kier molecular flexibility index (Phi) is 6.13. The number of ketones is 2. The van der Waals surface area contributed by atoms with Crippen LogP contribution >= 0.6 is 0 Å². The van der Waals surface area contributed by atoms with Gasteiger partial charge < -0.3 is 10.2 Å². The van der Waals surface area contributed by atoms with Crippen molar-refractivity contribution in [2.24, 2.45) is 0 Å². The second kappa shape index (κ2) is 7.86. The largest absolute Gasteiger partial charge is 0.507 e. The monoisotopic (exact) mass is 272 g/mol. The first kappa shape index (κ1) is 15.6. The Morgan fingerprint density at radius 2 is 1.50 bits per heavy atom. The summed E-state index contributed by atoms with van der Waals surface area (Å²) in [6, 6.07) is 15.2. The van der Waals surface area contributed by atoms with Crippen LogP contribution in [0.2, 0.25) is 0 Å². The van der Waals surface area contributed by atoms with E-state index in [4.69, 9.17) is 10.2 Å². The van der Waals surface area contributed by atoms with Gasteiger partial charge in [-0.3, -0.25) is 9.59 Å². The maximum atomic E-state index is 10.8. The lowest BCUT2D eigenvalue weighted by Crippen LogP contribution is -2.02. The summed E-state index contributed by atoms with van der Waals surface area (Å²) in [6.45, 7) is 1.01. The fourth-order valence-electron chi connectivity index (χ4n) is 1.49. The van der Waals surface area contributed by atoms with Gasteiger partial charge in [-0.05, 0) is 19.1 Å². The molecule has 0 unspecified atom stereocenters. The number of para-hydroxylation sites is 1. The van der Waals surface area contributed by atoms with E-state index in [1.54, 1.807) is 42.5 Å². The number of phenolic OH excluding ortho intramolecular Hbond substituents is 1. The lowest BCUT2D eigenvalue weighted by Gasteiger charge is -1.96. The fraction of sp³-hybridized carbons (Fsp3) is 0.125. The highest BCUT2D eigenvalue weighted by molar-refractivity contribution is 5.97. The lowest BCUT2D eigenvalue weighted by molar-refractivity contribution is 0.0903. The SMILES string of the molecule is CC(=O)c1ccccc1O.O=C(CO)c1ccccc1. The molecule has 0 bridgehead atoms. The number of Topliss-reactive ketones (excluding diaryl/α,β-unsaturated/α-hetero) is 2. The van der Waals surface area contributed by atoms with Crippen molar-refractivity contribution in [1.82, 2.24) is 0 Å². The summed E-state index contributed by atoms with van der Waals surface area (Å²) < 4.78 is 0. The van der Waals surface area contributed by atoms with Gasteiger partial charge in [0.15, 0.2) is 11.6 Å². The van der Waals surface area contributed by atoms with E-state index in [2.05, 4.69) is 0 Å². The van der Waals surface area contributed by atoms with E-state index in [9.17, 15) is 9.59 Å². The Morgan fingerprint density at radius 3 is 1.95 bits per heavy atom. The fourth-order valence-corrected chi connectivity index (χ4v) is 1.49. The summed E-state index contributed by atoms with van der Waals surface area (Å²) >= 11 is 0. The number of aliphatic hydroxyl groups is 1. The quantitative estimate of drug-likeness (QED) is 0.842. The van der Waals surface area contributed by atoms with Gasteiger partial charge in [-0.25, -0.2) is 0 Å². The smallest absolute Gasteiger partial charge is 0.188 e. The van der Waals surface area contributed by atoms with Gasteiger partial charge in [0.2, 0.25) is 0 Å². The molecule has 0 spiro atoms. The number of benzene rings is 2. The molecule has 4 heteroatoms. The van der Waals surface area contributed by atoms with E-state index in [0.717, 1.165) is 0 Å². The van der Waals surface area contributed by atoms with Crippen LogP contribution in [0.1, 0.15) is 27.6 Å². The molecule has 0 aliphatic heterocycles. The third-order valence-corrected chi connectivity index (χ3v) is 2.52. The van der Waals surface area contributed by atoms with Crippen LogP contribution in [0.15, 0.2) is 54.6 Å². The molecule has 0 radical (unpaired) electrons. The third-order valence-electron chi connectivity index (χ3n) is 2.52. The predicted molar refractivity (Wildman–Crippen MR) is 76.0 cm³/mol. The van der Waals surface area contributed by atoms with Crippen molar-refractivity contribution in [2.75, 3.05) is 6.61 Å². The van der Waals surface area contributed by atoms with E-state index >= 15 is 0 Å². The van der Waals surface area contributed by atoms with E-state index in [-0.39, 0.29) is 17.3 Å². The molecule has 0 amide bonds. The Hall–Kier alpha value is -2.46. The number of aliphatic hydroxyl groups excluding tert-OH is 1. The van der Waals surface area contributed by atoms with Gasteiger partial charge in [0.1, 0.15) is 12.4 Å². The van der Waals surface area contributed by atoms with Crippen molar-refractivity contribution >= 4 is 11.6 Å². The van der Waals surface area contributed by atoms with Gasteiger partial charge in [0.05, 0.1) is 5.56 Å². The highest BCUT2D eigenvalue weighted by Gasteiger charge is 2.02. The number of hydrogen-bond donors (Lipinski definition) is 2. The molecule has 2 rings (SSSR count). The summed E-state index contributed by atoms with van der Waals surface area (Å²) in [5, 5.41) is 17.5. The molecule has 104 valence electrons. The summed E-state index contributed by atoms with van der Waals surface area (Å²) in [6.07, 6.45) is 0. The minimum atomic E-state index is -0.413. The molecule has 20 heavy (non-hydrogen) atoms. The molecule has 0 aliphatic carbocycles. The minimum absolute atomic E-state index is 0.0509. The summed E-state index contributed by atoms with van der Waals surface area (Å²) in [5.74, 6) is -0.297. The zero-order valence-electron chi connectivity index (χ0n) is 11.1. The molecule has 0 saturated heterocycles. The van der Waals surface area contributed by atoms with E-state index in [1.165, 1.54) is 13.0 Å². The second-order valence-corrected chi connectivity index (χ2v) is 4.02. The van der Waals surface area contributed by atoms with Crippen molar-refractivity contribution in [2.45, 2.75) is 6.92 Å². The number of phenols is 1. The van der Waals surface area contributed by atoms with Gasteiger partial charge >= 0.3 is 0 Å². The van der Waals surface area contributed by atoms with Crippen LogP contribution in [0, 0.1) is 0 Å². The van der Waals surface area contributed by atoms with Crippen molar-refractivity contribution in [1.29, 1.82) is 0 Å². The molecule has 0 saturated carbocycles. The van der Waals surface area contributed by atoms with E-state index in [0.29, 0.717) is 11.1 Å². The van der Waals surface area contributed by atoms with Crippen molar-refractivity contribution < 1.29 is 19.8 Å². The predicted octanol–water partition coefficient (Wildman–Crippen LogP) is 2.46. The summed E-state index contributed by atoms with van der Waals surface area (Å²) in [4.78, 5) is 21.5. The average Bonchev–Trinajstić information content (AvgIpc) is 2.48. The summed E-state index contributed by atoms with van der Waals surface area (Å²) in [7, 11) is 0. The minimum Gasteiger partial charge on any atom is -0.507 e. The number of carbonyl (C=O) groups excluding carboxylic acids is 2. The first-order chi connectivity index (χ1) is 9.56. The molecule has 2 aromatic carbocycles. The van der Waals surface area contributed by atoms with Crippen LogP contribution < -0.4 is 0 Å². The highest BCUT2D eigenvalue weighted by Crippen LogP contribution is 2.15.